The highest BCUT2D eigenvalue weighted by Gasteiger charge is 2.15. The van der Waals surface area contributed by atoms with E-state index in [2.05, 4.69) is 0 Å². The molecule has 1 N–H and O–H groups in total. The second kappa shape index (κ2) is 3.79. The van der Waals surface area contributed by atoms with Gasteiger partial charge in [-0.15, -0.1) is 0 Å². The van der Waals surface area contributed by atoms with Crippen molar-refractivity contribution in [2.75, 3.05) is 6.61 Å². The summed E-state index contributed by atoms with van der Waals surface area (Å²) < 4.78 is 38.2. The van der Waals surface area contributed by atoms with Crippen LogP contribution in [0.25, 0.3) is 0 Å². The Morgan fingerprint density at radius 3 is 2.38 bits per heavy atom. The molecule has 0 heterocycles. The molecular formula is C9H9F3O. The molecule has 0 atom stereocenters. The van der Waals surface area contributed by atoms with Gasteiger partial charge in [0, 0.05) is 6.61 Å². The minimum Gasteiger partial charge on any atom is -0.396 e. The Hall–Kier alpha value is -1.03. The smallest absolute Gasteiger partial charge is 0.194 e. The summed E-state index contributed by atoms with van der Waals surface area (Å²) in [5, 5.41) is 8.55. The van der Waals surface area contributed by atoms with E-state index in [4.69, 9.17) is 5.11 Å². The Bertz CT molecular complexity index is 323. The summed E-state index contributed by atoms with van der Waals surface area (Å²) >= 11 is 0. The largest absolute Gasteiger partial charge is 0.396 e. The van der Waals surface area contributed by atoms with Gasteiger partial charge in [-0.2, -0.15) is 0 Å². The van der Waals surface area contributed by atoms with Crippen LogP contribution in [0.15, 0.2) is 6.07 Å². The normalized spacial score (nSPS) is 10.5. The highest BCUT2D eigenvalue weighted by Crippen LogP contribution is 2.19. The van der Waals surface area contributed by atoms with Gasteiger partial charge in [-0.25, -0.2) is 13.2 Å². The molecule has 0 aromatic heterocycles. The molecule has 1 nitrogen and oxygen atoms in total. The van der Waals surface area contributed by atoms with Crippen molar-refractivity contribution in [2.24, 2.45) is 0 Å². The average molecular weight is 190 g/mol. The van der Waals surface area contributed by atoms with E-state index in [-0.39, 0.29) is 18.6 Å². The number of aryl methyl sites for hydroxylation is 1. The van der Waals surface area contributed by atoms with Crippen LogP contribution in [-0.4, -0.2) is 11.7 Å². The number of aliphatic hydroxyl groups is 1. The van der Waals surface area contributed by atoms with Crippen molar-refractivity contribution >= 4 is 0 Å². The first-order chi connectivity index (χ1) is 6.07. The third-order valence-electron chi connectivity index (χ3n) is 1.85. The molecule has 0 fully saturated rings. The maximum atomic E-state index is 13.0. The molecule has 0 saturated carbocycles. The molecule has 1 aromatic rings. The summed E-state index contributed by atoms with van der Waals surface area (Å²) in [7, 11) is 0. The fourth-order valence-electron chi connectivity index (χ4n) is 1.17. The first-order valence-corrected chi connectivity index (χ1v) is 3.81. The molecule has 0 bridgehead atoms. The zero-order valence-corrected chi connectivity index (χ0v) is 7.07. The number of aliphatic hydroxyl groups excluding tert-OH is 1. The molecule has 1 rings (SSSR count). The molecular weight excluding hydrogens is 181 g/mol. The minimum atomic E-state index is -1.48. The lowest BCUT2D eigenvalue weighted by Crippen LogP contribution is -2.03. The van der Waals surface area contributed by atoms with E-state index in [1.165, 1.54) is 6.92 Å². The Balaban J connectivity index is 3.26. The fraction of sp³-hybridized carbons (Fsp3) is 0.333. The topological polar surface area (TPSA) is 20.2 Å². The van der Waals surface area contributed by atoms with Crippen LogP contribution in [0.3, 0.4) is 0 Å². The van der Waals surface area contributed by atoms with E-state index in [9.17, 15) is 13.2 Å². The van der Waals surface area contributed by atoms with Crippen LogP contribution in [0.4, 0.5) is 13.2 Å². The zero-order valence-electron chi connectivity index (χ0n) is 7.07. The van der Waals surface area contributed by atoms with Crippen molar-refractivity contribution in [1.29, 1.82) is 0 Å². The van der Waals surface area contributed by atoms with Crippen LogP contribution in [0.1, 0.15) is 11.1 Å². The predicted molar refractivity (Wildman–Crippen MR) is 41.8 cm³/mol. The second-order valence-corrected chi connectivity index (χ2v) is 2.76. The van der Waals surface area contributed by atoms with Gasteiger partial charge in [0.25, 0.3) is 0 Å². The van der Waals surface area contributed by atoms with Crippen LogP contribution in [0.5, 0.6) is 0 Å². The molecule has 0 aliphatic heterocycles. The summed E-state index contributed by atoms with van der Waals surface area (Å²) in [5.41, 5.74) is 0.340. The highest BCUT2D eigenvalue weighted by molar-refractivity contribution is 5.29. The summed E-state index contributed by atoms with van der Waals surface area (Å²) in [6.45, 7) is 1.18. The fourth-order valence-corrected chi connectivity index (χ4v) is 1.17. The Morgan fingerprint density at radius 1 is 1.23 bits per heavy atom. The summed E-state index contributed by atoms with van der Waals surface area (Å²) in [5.74, 6) is -3.88. The standard InChI is InChI=1S/C9H9F3O/c1-5-4-7(10)9(12)8(11)6(5)2-3-13/h4,13H,2-3H2,1H3. The third-order valence-corrected chi connectivity index (χ3v) is 1.85. The summed E-state index contributed by atoms with van der Waals surface area (Å²) in [6, 6.07) is 0.920. The maximum absolute atomic E-state index is 13.0. The first-order valence-electron chi connectivity index (χ1n) is 3.81. The quantitative estimate of drug-likeness (QED) is 0.706. The van der Waals surface area contributed by atoms with Gasteiger partial charge in [-0.1, -0.05) is 0 Å². The van der Waals surface area contributed by atoms with Gasteiger partial charge in [-0.05, 0) is 30.5 Å². The monoisotopic (exact) mass is 190 g/mol. The molecule has 0 aliphatic rings. The van der Waals surface area contributed by atoms with Crippen LogP contribution in [0, 0.1) is 24.4 Å². The van der Waals surface area contributed by atoms with Gasteiger partial charge < -0.3 is 5.11 Å². The SMILES string of the molecule is Cc1cc(F)c(F)c(F)c1CCO. The van der Waals surface area contributed by atoms with Gasteiger partial charge >= 0.3 is 0 Å². The molecule has 13 heavy (non-hydrogen) atoms. The molecule has 0 amide bonds. The van der Waals surface area contributed by atoms with E-state index in [1.54, 1.807) is 0 Å². The Labute approximate surface area is 73.8 Å². The number of hydrogen-bond acceptors (Lipinski definition) is 1. The first kappa shape index (κ1) is 10.1. The second-order valence-electron chi connectivity index (χ2n) is 2.76. The average Bonchev–Trinajstić information content (AvgIpc) is 2.09. The molecule has 72 valence electrons. The van der Waals surface area contributed by atoms with Crippen LogP contribution in [-0.2, 0) is 6.42 Å². The zero-order chi connectivity index (χ0) is 10.0. The van der Waals surface area contributed by atoms with E-state index in [0.29, 0.717) is 5.56 Å². The van der Waals surface area contributed by atoms with Crippen LogP contribution < -0.4 is 0 Å². The van der Waals surface area contributed by atoms with Crippen molar-refractivity contribution in [3.63, 3.8) is 0 Å². The lowest BCUT2D eigenvalue weighted by Gasteiger charge is -2.06. The lowest BCUT2D eigenvalue weighted by atomic mass is 10.0. The molecule has 1 aromatic carbocycles. The van der Waals surface area contributed by atoms with E-state index in [1.807, 2.05) is 0 Å². The molecule has 0 unspecified atom stereocenters. The van der Waals surface area contributed by atoms with Crippen LogP contribution in [0.2, 0.25) is 0 Å². The van der Waals surface area contributed by atoms with E-state index >= 15 is 0 Å². The Morgan fingerprint density at radius 2 is 1.85 bits per heavy atom. The van der Waals surface area contributed by atoms with Gasteiger partial charge in [0.05, 0.1) is 0 Å². The van der Waals surface area contributed by atoms with Gasteiger partial charge in [-0.3, -0.25) is 0 Å². The maximum Gasteiger partial charge on any atom is 0.194 e. The van der Waals surface area contributed by atoms with Crippen LogP contribution >= 0.6 is 0 Å². The summed E-state index contributed by atoms with van der Waals surface area (Å²) in [6.07, 6.45) is -0.00509. The highest BCUT2D eigenvalue weighted by atomic mass is 19.2. The minimum absolute atomic E-state index is 0.00509. The van der Waals surface area contributed by atoms with Gasteiger partial charge in [0.15, 0.2) is 17.5 Å². The number of benzene rings is 1. The van der Waals surface area contributed by atoms with E-state index in [0.717, 1.165) is 6.07 Å². The summed E-state index contributed by atoms with van der Waals surface area (Å²) in [4.78, 5) is 0. The van der Waals surface area contributed by atoms with Gasteiger partial charge in [0.1, 0.15) is 0 Å². The van der Waals surface area contributed by atoms with Crippen molar-refractivity contribution in [3.05, 3.63) is 34.6 Å². The molecule has 0 saturated heterocycles. The van der Waals surface area contributed by atoms with E-state index < -0.39 is 17.5 Å². The third kappa shape index (κ3) is 1.83. The predicted octanol–water partition coefficient (Wildman–Crippen LogP) is 1.95. The van der Waals surface area contributed by atoms with Gasteiger partial charge in [0.2, 0.25) is 0 Å². The van der Waals surface area contributed by atoms with Crippen molar-refractivity contribution in [2.45, 2.75) is 13.3 Å². The molecule has 4 heteroatoms. The number of hydrogen-bond donors (Lipinski definition) is 1. The lowest BCUT2D eigenvalue weighted by molar-refractivity contribution is 0.296. The van der Waals surface area contributed by atoms with Crippen molar-refractivity contribution in [1.82, 2.24) is 0 Å². The number of rotatable bonds is 2. The number of halogens is 3. The molecule has 0 aliphatic carbocycles. The van der Waals surface area contributed by atoms with Crippen molar-refractivity contribution < 1.29 is 18.3 Å². The molecule has 0 radical (unpaired) electrons. The Kier molecular flexibility index (Phi) is 2.93. The van der Waals surface area contributed by atoms with Crippen molar-refractivity contribution in [3.8, 4) is 0 Å². The molecule has 0 spiro atoms.